The highest BCUT2D eigenvalue weighted by atomic mass is 16.6. The maximum atomic E-state index is 11.5. The Labute approximate surface area is 143 Å². The molecule has 0 aliphatic heterocycles. The Bertz CT molecular complexity index is 1190. The van der Waals surface area contributed by atoms with Crippen LogP contribution in [-0.2, 0) is 0 Å². The first-order valence-electron chi connectivity index (χ1n) is 8.02. The van der Waals surface area contributed by atoms with Crippen LogP contribution in [-0.4, -0.2) is 14.7 Å². The second-order valence-electron chi connectivity index (χ2n) is 6.18. The first-order valence-corrected chi connectivity index (χ1v) is 8.02. The molecule has 0 fully saturated rings. The minimum absolute atomic E-state index is 0.0518. The van der Waals surface area contributed by atoms with Crippen LogP contribution < -0.4 is 0 Å². The monoisotopic (exact) mass is 327 g/mol. The summed E-state index contributed by atoms with van der Waals surface area (Å²) >= 11 is 0. The summed E-state index contributed by atoms with van der Waals surface area (Å²) in [7, 11) is 0. The smallest absolute Gasteiger partial charge is 0.258 e. The van der Waals surface area contributed by atoms with Gasteiger partial charge >= 0.3 is 0 Å². The number of aryl methyl sites for hydroxylation is 1. The molecule has 4 aromatic rings. The molecule has 0 N–H and O–H groups in total. The average Bonchev–Trinajstić information content (AvgIpc) is 3.14. The molecule has 1 heterocycles. The third kappa shape index (κ3) is 1.75. The van der Waals surface area contributed by atoms with E-state index in [1.54, 1.807) is 22.9 Å². The molecule has 0 bridgehead atoms. The van der Waals surface area contributed by atoms with Crippen LogP contribution in [0, 0.1) is 17.0 Å². The number of hydrogen-bond acceptors (Lipinski definition) is 3. The maximum absolute atomic E-state index is 11.5. The van der Waals surface area contributed by atoms with Crippen LogP contribution in [0.4, 0.5) is 5.69 Å². The lowest BCUT2D eigenvalue weighted by atomic mass is 10.0. The van der Waals surface area contributed by atoms with Gasteiger partial charge in [-0.2, -0.15) is 5.10 Å². The van der Waals surface area contributed by atoms with Crippen LogP contribution in [0.1, 0.15) is 5.69 Å². The first kappa shape index (κ1) is 13.9. The van der Waals surface area contributed by atoms with Crippen LogP contribution >= 0.6 is 0 Å². The quantitative estimate of drug-likeness (QED) is 0.342. The van der Waals surface area contributed by atoms with Crippen molar-refractivity contribution in [3.63, 3.8) is 0 Å². The van der Waals surface area contributed by atoms with Gasteiger partial charge in [0.1, 0.15) is 5.69 Å². The van der Waals surface area contributed by atoms with Gasteiger partial charge in [0.05, 0.1) is 16.3 Å². The van der Waals surface area contributed by atoms with E-state index in [9.17, 15) is 10.1 Å². The van der Waals surface area contributed by atoms with Crippen molar-refractivity contribution in [3.05, 3.63) is 76.5 Å². The van der Waals surface area contributed by atoms with Crippen molar-refractivity contribution in [3.8, 4) is 28.1 Å². The van der Waals surface area contributed by atoms with Crippen molar-refractivity contribution in [2.45, 2.75) is 6.92 Å². The van der Waals surface area contributed by atoms with Crippen molar-refractivity contribution >= 4 is 16.5 Å². The van der Waals surface area contributed by atoms with E-state index in [2.05, 4.69) is 29.4 Å². The zero-order valence-corrected chi connectivity index (χ0v) is 13.4. The zero-order valence-electron chi connectivity index (χ0n) is 13.4. The Morgan fingerprint density at radius 3 is 2.44 bits per heavy atom. The van der Waals surface area contributed by atoms with Gasteiger partial charge in [-0.05, 0) is 29.3 Å². The molecule has 1 aliphatic carbocycles. The molecular weight excluding hydrogens is 314 g/mol. The van der Waals surface area contributed by atoms with Crippen molar-refractivity contribution < 1.29 is 4.92 Å². The average molecular weight is 327 g/mol. The van der Waals surface area contributed by atoms with Crippen molar-refractivity contribution in [2.75, 3.05) is 0 Å². The second-order valence-corrected chi connectivity index (χ2v) is 6.18. The summed E-state index contributed by atoms with van der Waals surface area (Å²) in [6, 6.07) is 19.1. The Morgan fingerprint density at radius 1 is 0.960 bits per heavy atom. The van der Waals surface area contributed by atoms with Crippen LogP contribution in [0.2, 0.25) is 0 Å². The Kier molecular flexibility index (Phi) is 2.65. The van der Waals surface area contributed by atoms with Gasteiger partial charge < -0.3 is 0 Å². The Morgan fingerprint density at radius 2 is 1.68 bits per heavy atom. The van der Waals surface area contributed by atoms with E-state index in [1.165, 1.54) is 16.8 Å². The molecule has 0 unspecified atom stereocenters. The molecular formula is C20H13N3O2. The van der Waals surface area contributed by atoms with Crippen LogP contribution in [0.25, 0.3) is 38.8 Å². The van der Waals surface area contributed by atoms with Crippen molar-refractivity contribution in [1.82, 2.24) is 9.78 Å². The first-order chi connectivity index (χ1) is 12.2. The van der Waals surface area contributed by atoms with Gasteiger partial charge in [-0.1, -0.05) is 48.5 Å². The van der Waals surface area contributed by atoms with Crippen molar-refractivity contribution in [2.24, 2.45) is 0 Å². The second kappa shape index (κ2) is 4.77. The molecule has 3 aromatic carbocycles. The highest BCUT2D eigenvalue weighted by Gasteiger charge is 2.30. The predicted octanol–water partition coefficient (Wildman–Crippen LogP) is 4.89. The molecule has 0 amide bonds. The standard InChI is InChI=1S/C20H13N3O2/c1-12-18-14-8-4-6-13-7-5-9-15(19(13)14)20(18)22(21-12)16-10-2-3-11-17(16)23(24)25/h2-11H,1H3. The maximum Gasteiger partial charge on any atom is 0.294 e. The lowest BCUT2D eigenvalue weighted by Gasteiger charge is -2.08. The highest BCUT2D eigenvalue weighted by molar-refractivity contribution is 6.15. The van der Waals surface area contributed by atoms with E-state index in [0.717, 1.165) is 28.1 Å². The molecule has 5 heteroatoms. The van der Waals surface area contributed by atoms with E-state index < -0.39 is 0 Å². The number of fused-ring (bicyclic) bond motifs is 3. The van der Waals surface area contributed by atoms with Crippen LogP contribution in [0.15, 0.2) is 60.7 Å². The number of rotatable bonds is 2. The summed E-state index contributed by atoms with van der Waals surface area (Å²) in [5, 5.41) is 18.5. The third-order valence-corrected chi connectivity index (χ3v) is 4.80. The van der Waals surface area contributed by atoms with E-state index >= 15 is 0 Å². The molecule has 0 saturated heterocycles. The fourth-order valence-electron chi connectivity index (χ4n) is 3.82. The fraction of sp³-hybridized carbons (Fsp3) is 0.0500. The number of nitro benzene ring substituents is 1. The fourth-order valence-corrected chi connectivity index (χ4v) is 3.82. The summed E-state index contributed by atoms with van der Waals surface area (Å²) in [6.45, 7) is 1.95. The van der Waals surface area contributed by atoms with E-state index in [4.69, 9.17) is 0 Å². The number of para-hydroxylation sites is 2. The number of nitrogens with zero attached hydrogens (tertiary/aromatic N) is 3. The normalized spacial score (nSPS) is 11.7. The molecule has 5 nitrogen and oxygen atoms in total. The molecule has 25 heavy (non-hydrogen) atoms. The summed E-state index contributed by atoms with van der Waals surface area (Å²) in [6.07, 6.45) is 0. The molecule has 0 atom stereocenters. The summed E-state index contributed by atoms with van der Waals surface area (Å²) in [4.78, 5) is 11.1. The summed E-state index contributed by atoms with van der Waals surface area (Å²) in [5.74, 6) is 0. The molecule has 0 radical (unpaired) electrons. The van der Waals surface area contributed by atoms with E-state index in [-0.39, 0.29) is 10.6 Å². The highest BCUT2D eigenvalue weighted by Crippen LogP contribution is 2.49. The minimum Gasteiger partial charge on any atom is -0.258 e. The molecule has 0 saturated carbocycles. The van der Waals surface area contributed by atoms with Crippen LogP contribution in [0.5, 0.6) is 0 Å². The summed E-state index contributed by atoms with van der Waals surface area (Å²) < 4.78 is 1.72. The lowest BCUT2D eigenvalue weighted by Crippen LogP contribution is -2.03. The molecule has 1 aliphatic rings. The SMILES string of the molecule is Cc1nn(-c2ccccc2[N+](=O)[O-])c2c1-c1cccc3cccc-2c13. The zero-order chi connectivity index (χ0) is 17.1. The van der Waals surface area contributed by atoms with Gasteiger partial charge in [-0.25, -0.2) is 4.68 Å². The third-order valence-electron chi connectivity index (χ3n) is 4.80. The van der Waals surface area contributed by atoms with Gasteiger partial charge in [-0.15, -0.1) is 0 Å². The van der Waals surface area contributed by atoms with Gasteiger partial charge in [0.25, 0.3) is 5.69 Å². The molecule has 1 aromatic heterocycles. The van der Waals surface area contributed by atoms with Crippen LogP contribution in [0.3, 0.4) is 0 Å². The molecule has 5 rings (SSSR count). The van der Waals surface area contributed by atoms with Gasteiger partial charge in [0, 0.05) is 17.2 Å². The van der Waals surface area contributed by atoms with E-state index in [1.807, 2.05) is 19.1 Å². The number of hydrogen-bond donors (Lipinski definition) is 0. The summed E-state index contributed by atoms with van der Waals surface area (Å²) in [5.41, 5.74) is 5.62. The van der Waals surface area contributed by atoms with Gasteiger partial charge in [-0.3, -0.25) is 10.1 Å². The predicted molar refractivity (Wildman–Crippen MR) is 96.9 cm³/mol. The molecule has 120 valence electrons. The largest absolute Gasteiger partial charge is 0.294 e. The number of benzene rings is 3. The minimum atomic E-state index is -0.360. The topological polar surface area (TPSA) is 61.0 Å². The van der Waals surface area contributed by atoms with Gasteiger partial charge in [0.15, 0.2) is 0 Å². The van der Waals surface area contributed by atoms with Crippen molar-refractivity contribution in [1.29, 1.82) is 0 Å². The molecule has 0 spiro atoms. The van der Waals surface area contributed by atoms with Gasteiger partial charge in [0.2, 0.25) is 0 Å². The van der Waals surface area contributed by atoms with E-state index in [0.29, 0.717) is 5.69 Å². The number of nitro groups is 1. The lowest BCUT2D eigenvalue weighted by molar-refractivity contribution is -0.384. The Hall–Kier alpha value is -3.47. The Balaban J connectivity index is 1.90. The number of aromatic nitrogens is 2.